The molecule has 1 fully saturated rings. The van der Waals surface area contributed by atoms with E-state index in [1.165, 1.54) is 24.0 Å². The van der Waals surface area contributed by atoms with Crippen LogP contribution in [0.1, 0.15) is 29.7 Å². The SMILES string of the molecule is COc1cc(C)cc(C)c1-c1ccc(CNC2CC2)o1. The highest BCUT2D eigenvalue weighted by atomic mass is 16.5. The molecular weight excluding hydrogens is 250 g/mol. The van der Waals surface area contributed by atoms with Gasteiger partial charge in [0.25, 0.3) is 0 Å². The maximum absolute atomic E-state index is 5.97. The monoisotopic (exact) mass is 271 g/mol. The fraction of sp³-hybridized carbons (Fsp3) is 0.412. The van der Waals surface area contributed by atoms with Crippen LogP contribution in [-0.4, -0.2) is 13.2 Å². The largest absolute Gasteiger partial charge is 0.496 e. The van der Waals surface area contributed by atoms with Gasteiger partial charge < -0.3 is 14.5 Å². The van der Waals surface area contributed by atoms with E-state index in [1.807, 2.05) is 18.2 Å². The summed E-state index contributed by atoms with van der Waals surface area (Å²) < 4.78 is 11.5. The van der Waals surface area contributed by atoms with Crippen LogP contribution in [0.2, 0.25) is 0 Å². The smallest absolute Gasteiger partial charge is 0.138 e. The molecule has 1 aromatic carbocycles. The van der Waals surface area contributed by atoms with Crippen molar-refractivity contribution in [1.29, 1.82) is 0 Å². The first-order chi connectivity index (χ1) is 9.67. The van der Waals surface area contributed by atoms with Gasteiger partial charge in [-0.2, -0.15) is 0 Å². The molecule has 0 atom stereocenters. The summed E-state index contributed by atoms with van der Waals surface area (Å²) in [6, 6.07) is 8.97. The molecule has 1 saturated carbocycles. The predicted octanol–water partition coefficient (Wildman–Crippen LogP) is 3.82. The highest BCUT2D eigenvalue weighted by molar-refractivity contribution is 5.70. The molecule has 3 heteroatoms. The molecular formula is C17H21NO2. The van der Waals surface area contributed by atoms with Gasteiger partial charge >= 0.3 is 0 Å². The lowest BCUT2D eigenvalue weighted by molar-refractivity contribution is 0.413. The van der Waals surface area contributed by atoms with Crippen molar-refractivity contribution in [2.24, 2.45) is 0 Å². The Morgan fingerprint density at radius 2 is 2.05 bits per heavy atom. The minimum Gasteiger partial charge on any atom is -0.496 e. The molecule has 0 radical (unpaired) electrons. The second-order valence-electron chi connectivity index (χ2n) is 5.58. The van der Waals surface area contributed by atoms with Crippen LogP contribution in [0.25, 0.3) is 11.3 Å². The minimum atomic E-state index is 0.694. The Morgan fingerprint density at radius 1 is 1.25 bits per heavy atom. The quantitative estimate of drug-likeness (QED) is 0.897. The zero-order chi connectivity index (χ0) is 14.1. The molecule has 106 valence electrons. The first-order valence-electron chi connectivity index (χ1n) is 7.15. The molecule has 2 aromatic rings. The summed E-state index contributed by atoms with van der Waals surface area (Å²) in [6.07, 6.45) is 2.58. The van der Waals surface area contributed by atoms with Gasteiger partial charge in [0, 0.05) is 6.04 Å². The predicted molar refractivity (Wildman–Crippen MR) is 80.0 cm³/mol. The zero-order valence-corrected chi connectivity index (χ0v) is 12.3. The van der Waals surface area contributed by atoms with Crippen LogP contribution in [0.3, 0.4) is 0 Å². The third kappa shape index (κ3) is 2.73. The molecule has 1 aliphatic rings. The maximum atomic E-state index is 5.97. The number of benzene rings is 1. The van der Waals surface area contributed by atoms with E-state index in [4.69, 9.17) is 9.15 Å². The Bertz CT molecular complexity index is 611. The van der Waals surface area contributed by atoms with Crippen molar-refractivity contribution in [3.8, 4) is 17.1 Å². The van der Waals surface area contributed by atoms with Crippen LogP contribution in [0, 0.1) is 13.8 Å². The van der Waals surface area contributed by atoms with Crippen molar-refractivity contribution in [1.82, 2.24) is 5.32 Å². The number of nitrogens with one attached hydrogen (secondary N) is 1. The molecule has 3 rings (SSSR count). The van der Waals surface area contributed by atoms with Gasteiger partial charge in [-0.05, 0) is 56.0 Å². The van der Waals surface area contributed by atoms with Crippen LogP contribution in [0.15, 0.2) is 28.7 Å². The maximum Gasteiger partial charge on any atom is 0.138 e. The number of furan rings is 1. The van der Waals surface area contributed by atoms with E-state index in [2.05, 4.69) is 25.2 Å². The topological polar surface area (TPSA) is 34.4 Å². The number of rotatable bonds is 5. The van der Waals surface area contributed by atoms with Crippen molar-refractivity contribution >= 4 is 0 Å². The van der Waals surface area contributed by atoms with Crippen molar-refractivity contribution < 1.29 is 9.15 Å². The fourth-order valence-corrected chi connectivity index (χ4v) is 2.55. The Labute approximate surface area is 119 Å². The second-order valence-corrected chi connectivity index (χ2v) is 5.58. The van der Waals surface area contributed by atoms with Crippen molar-refractivity contribution in [2.75, 3.05) is 7.11 Å². The third-order valence-corrected chi connectivity index (χ3v) is 3.71. The standard InChI is InChI=1S/C17H21NO2/c1-11-8-12(2)17(16(9-11)19-3)15-7-6-14(20-15)10-18-13-4-5-13/h6-9,13,18H,4-5,10H2,1-3H3. The molecule has 3 nitrogen and oxygen atoms in total. The van der Waals surface area contributed by atoms with Crippen LogP contribution in [0.4, 0.5) is 0 Å². The van der Waals surface area contributed by atoms with Gasteiger partial charge in [-0.25, -0.2) is 0 Å². The van der Waals surface area contributed by atoms with E-state index in [0.717, 1.165) is 29.4 Å². The van der Waals surface area contributed by atoms with Crippen LogP contribution in [-0.2, 0) is 6.54 Å². The molecule has 1 heterocycles. The average Bonchev–Trinajstić information content (AvgIpc) is 3.14. The number of hydrogen-bond acceptors (Lipinski definition) is 3. The van der Waals surface area contributed by atoms with Gasteiger partial charge in [-0.1, -0.05) is 6.07 Å². The Balaban J connectivity index is 1.87. The molecule has 0 unspecified atom stereocenters. The molecule has 1 aliphatic carbocycles. The molecule has 0 amide bonds. The Hall–Kier alpha value is -1.74. The molecule has 20 heavy (non-hydrogen) atoms. The van der Waals surface area contributed by atoms with E-state index in [0.29, 0.717) is 6.04 Å². The summed E-state index contributed by atoms with van der Waals surface area (Å²) in [7, 11) is 1.70. The summed E-state index contributed by atoms with van der Waals surface area (Å²) in [5.41, 5.74) is 3.43. The van der Waals surface area contributed by atoms with Crippen LogP contribution < -0.4 is 10.1 Å². The third-order valence-electron chi connectivity index (χ3n) is 3.71. The highest BCUT2D eigenvalue weighted by Crippen LogP contribution is 2.35. The molecule has 1 aromatic heterocycles. The minimum absolute atomic E-state index is 0.694. The zero-order valence-electron chi connectivity index (χ0n) is 12.3. The van der Waals surface area contributed by atoms with E-state index in [-0.39, 0.29) is 0 Å². The lowest BCUT2D eigenvalue weighted by Crippen LogP contribution is -2.14. The van der Waals surface area contributed by atoms with E-state index < -0.39 is 0 Å². The molecule has 0 bridgehead atoms. The van der Waals surface area contributed by atoms with E-state index in [9.17, 15) is 0 Å². The lowest BCUT2D eigenvalue weighted by Gasteiger charge is -2.11. The summed E-state index contributed by atoms with van der Waals surface area (Å²) in [6.45, 7) is 4.97. The summed E-state index contributed by atoms with van der Waals surface area (Å²) in [5.74, 6) is 2.74. The molecule has 0 aliphatic heterocycles. The van der Waals surface area contributed by atoms with Crippen LogP contribution >= 0.6 is 0 Å². The summed E-state index contributed by atoms with van der Waals surface area (Å²) in [5, 5.41) is 3.46. The Kier molecular flexibility index (Phi) is 3.53. The number of ether oxygens (including phenoxy) is 1. The van der Waals surface area contributed by atoms with Gasteiger partial charge in [0.2, 0.25) is 0 Å². The highest BCUT2D eigenvalue weighted by Gasteiger charge is 2.21. The van der Waals surface area contributed by atoms with Crippen molar-refractivity contribution in [2.45, 2.75) is 39.3 Å². The molecule has 0 spiro atoms. The Morgan fingerprint density at radius 3 is 2.75 bits per heavy atom. The van der Waals surface area contributed by atoms with Gasteiger partial charge in [-0.3, -0.25) is 0 Å². The second kappa shape index (κ2) is 5.33. The van der Waals surface area contributed by atoms with Crippen molar-refractivity contribution in [3.05, 3.63) is 41.2 Å². The summed E-state index contributed by atoms with van der Waals surface area (Å²) >= 11 is 0. The average molecular weight is 271 g/mol. The lowest BCUT2D eigenvalue weighted by atomic mass is 10.0. The summed E-state index contributed by atoms with van der Waals surface area (Å²) in [4.78, 5) is 0. The van der Waals surface area contributed by atoms with Gasteiger partial charge in [0.05, 0.1) is 19.2 Å². The van der Waals surface area contributed by atoms with Crippen LogP contribution in [0.5, 0.6) is 5.75 Å². The first-order valence-corrected chi connectivity index (χ1v) is 7.15. The number of aryl methyl sites for hydroxylation is 2. The normalized spacial score (nSPS) is 14.6. The first kappa shape index (κ1) is 13.3. The molecule has 1 N–H and O–H groups in total. The van der Waals surface area contributed by atoms with Gasteiger partial charge in [0.15, 0.2) is 0 Å². The van der Waals surface area contributed by atoms with Gasteiger partial charge in [-0.15, -0.1) is 0 Å². The van der Waals surface area contributed by atoms with E-state index in [1.54, 1.807) is 7.11 Å². The molecule has 0 saturated heterocycles. The number of hydrogen-bond donors (Lipinski definition) is 1. The van der Waals surface area contributed by atoms with Crippen molar-refractivity contribution in [3.63, 3.8) is 0 Å². The number of methoxy groups -OCH3 is 1. The van der Waals surface area contributed by atoms with Gasteiger partial charge in [0.1, 0.15) is 17.3 Å². The van der Waals surface area contributed by atoms with E-state index >= 15 is 0 Å². The fourth-order valence-electron chi connectivity index (χ4n) is 2.55.